The summed E-state index contributed by atoms with van der Waals surface area (Å²) in [5.74, 6) is 2.41. The summed E-state index contributed by atoms with van der Waals surface area (Å²) in [5, 5.41) is 0.312. The van der Waals surface area contributed by atoms with Crippen LogP contribution in [0.15, 0.2) is 22.7 Å². The van der Waals surface area contributed by atoms with E-state index in [1.165, 1.54) is 31.2 Å². The Morgan fingerprint density at radius 1 is 1.35 bits per heavy atom. The molecule has 1 aromatic carbocycles. The van der Waals surface area contributed by atoms with E-state index in [1.54, 1.807) is 7.11 Å². The lowest BCUT2D eigenvalue weighted by Gasteiger charge is -2.33. The average molecular weight is 360 g/mol. The van der Waals surface area contributed by atoms with Crippen LogP contribution in [0.1, 0.15) is 44.6 Å². The molecule has 0 spiro atoms. The van der Waals surface area contributed by atoms with E-state index in [9.17, 15) is 0 Å². The highest BCUT2D eigenvalue weighted by molar-refractivity contribution is 9.10. The minimum Gasteiger partial charge on any atom is -0.496 e. The topological polar surface area (TPSA) is 9.23 Å². The van der Waals surface area contributed by atoms with E-state index in [2.05, 4.69) is 28.9 Å². The summed E-state index contributed by atoms with van der Waals surface area (Å²) in [6.07, 6.45) is 7.37. The largest absolute Gasteiger partial charge is 0.496 e. The van der Waals surface area contributed by atoms with Gasteiger partial charge in [-0.25, -0.2) is 0 Å². The van der Waals surface area contributed by atoms with Gasteiger partial charge in [-0.15, -0.1) is 11.6 Å². The molecule has 1 nitrogen and oxygen atoms in total. The normalized spacial score (nSPS) is 26.5. The molecule has 112 valence electrons. The second-order valence-electron chi connectivity index (χ2n) is 5.90. The monoisotopic (exact) mass is 358 g/mol. The summed E-state index contributed by atoms with van der Waals surface area (Å²) in [6.45, 7) is 2.28. The smallest absolute Gasteiger partial charge is 0.122 e. The minimum atomic E-state index is 0.312. The number of ether oxygens (including phenoxy) is 1. The molecule has 1 saturated carbocycles. The zero-order valence-corrected chi connectivity index (χ0v) is 14.7. The fraction of sp³-hybridized carbons (Fsp3) is 0.647. The first-order valence-electron chi connectivity index (χ1n) is 7.60. The van der Waals surface area contributed by atoms with E-state index in [1.807, 2.05) is 12.1 Å². The van der Waals surface area contributed by atoms with Crippen molar-refractivity contribution < 1.29 is 4.74 Å². The maximum absolute atomic E-state index is 6.58. The lowest BCUT2D eigenvalue weighted by atomic mass is 9.76. The molecule has 3 heteroatoms. The molecule has 0 heterocycles. The van der Waals surface area contributed by atoms with Crippen molar-refractivity contribution in [2.45, 2.75) is 50.8 Å². The van der Waals surface area contributed by atoms with E-state index >= 15 is 0 Å². The zero-order valence-electron chi connectivity index (χ0n) is 12.4. The number of hydrogen-bond donors (Lipinski definition) is 0. The second kappa shape index (κ2) is 7.70. The number of halogens is 2. The molecule has 0 radical (unpaired) electrons. The summed E-state index contributed by atoms with van der Waals surface area (Å²) in [7, 11) is 1.74. The molecule has 0 amide bonds. The molecule has 1 fully saturated rings. The number of methoxy groups -OCH3 is 1. The van der Waals surface area contributed by atoms with Crippen molar-refractivity contribution in [1.29, 1.82) is 0 Å². The van der Waals surface area contributed by atoms with Crippen LogP contribution in [-0.4, -0.2) is 12.5 Å². The molecule has 0 saturated heterocycles. The Labute approximate surface area is 136 Å². The Kier molecular flexibility index (Phi) is 6.22. The van der Waals surface area contributed by atoms with E-state index in [0.717, 1.165) is 29.0 Å². The minimum absolute atomic E-state index is 0.312. The Hall–Kier alpha value is -0.210. The van der Waals surface area contributed by atoms with Gasteiger partial charge >= 0.3 is 0 Å². The molecular formula is C17H24BrClO. The average Bonchev–Trinajstić information content (AvgIpc) is 2.43. The van der Waals surface area contributed by atoms with E-state index < -0.39 is 0 Å². The fourth-order valence-corrected chi connectivity index (χ4v) is 4.12. The quantitative estimate of drug-likeness (QED) is 0.601. The molecule has 20 heavy (non-hydrogen) atoms. The second-order valence-corrected chi connectivity index (χ2v) is 7.38. The predicted molar refractivity (Wildman–Crippen MR) is 89.8 cm³/mol. The maximum atomic E-state index is 6.58. The van der Waals surface area contributed by atoms with Gasteiger partial charge in [-0.05, 0) is 61.3 Å². The highest BCUT2D eigenvalue weighted by Gasteiger charge is 2.29. The zero-order chi connectivity index (χ0) is 14.5. The third-order valence-electron chi connectivity index (χ3n) is 4.42. The van der Waals surface area contributed by atoms with Gasteiger partial charge in [0.2, 0.25) is 0 Å². The van der Waals surface area contributed by atoms with Gasteiger partial charge < -0.3 is 4.74 Å². The molecule has 3 unspecified atom stereocenters. The van der Waals surface area contributed by atoms with Crippen molar-refractivity contribution in [2.75, 3.05) is 7.11 Å². The van der Waals surface area contributed by atoms with Crippen molar-refractivity contribution in [3.63, 3.8) is 0 Å². The Morgan fingerprint density at radius 2 is 2.15 bits per heavy atom. The van der Waals surface area contributed by atoms with Crippen LogP contribution >= 0.6 is 27.5 Å². The van der Waals surface area contributed by atoms with Gasteiger partial charge in [0.05, 0.1) is 7.11 Å². The van der Waals surface area contributed by atoms with Crippen LogP contribution < -0.4 is 4.74 Å². The lowest BCUT2D eigenvalue weighted by Crippen LogP contribution is -2.27. The Morgan fingerprint density at radius 3 is 2.85 bits per heavy atom. The number of alkyl halides is 1. The molecule has 1 aliphatic carbocycles. The van der Waals surface area contributed by atoms with Crippen LogP contribution in [0.2, 0.25) is 0 Å². The standard InChI is InChI=1S/C17H24BrClO/c1-3-4-12-5-7-16(19)13(9-12)10-14-11-15(18)6-8-17(14)20-2/h6,8,11-13,16H,3-5,7,9-10H2,1-2H3. The molecule has 2 rings (SSSR count). The summed E-state index contributed by atoms with van der Waals surface area (Å²) >= 11 is 10.1. The summed E-state index contributed by atoms with van der Waals surface area (Å²) < 4.78 is 6.60. The molecule has 0 aromatic heterocycles. The van der Waals surface area contributed by atoms with Gasteiger partial charge in [0, 0.05) is 9.85 Å². The van der Waals surface area contributed by atoms with Crippen LogP contribution in [0.25, 0.3) is 0 Å². The number of hydrogen-bond acceptors (Lipinski definition) is 1. The van der Waals surface area contributed by atoms with Crippen LogP contribution in [-0.2, 0) is 6.42 Å². The fourth-order valence-electron chi connectivity index (χ4n) is 3.40. The van der Waals surface area contributed by atoms with Gasteiger partial charge in [0.25, 0.3) is 0 Å². The van der Waals surface area contributed by atoms with Crippen molar-refractivity contribution in [2.24, 2.45) is 11.8 Å². The van der Waals surface area contributed by atoms with E-state index in [0.29, 0.717) is 11.3 Å². The highest BCUT2D eigenvalue weighted by atomic mass is 79.9. The van der Waals surface area contributed by atoms with Gasteiger partial charge in [-0.1, -0.05) is 35.7 Å². The molecule has 1 aliphatic rings. The van der Waals surface area contributed by atoms with Crippen molar-refractivity contribution in [3.05, 3.63) is 28.2 Å². The van der Waals surface area contributed by atoms with Crippen LogP contribution in [0.4, 0.5) is 0 Å². The predicted octanol–water partition coefficient (Wildman–Crippen LogP) is 5.82. The molecule has 0 N–H and O–H groups in total. The molecule has 3 atom stereocenters. The van der Waals surface area contributed by atoms with Crippen LogP contribution in [0.5, 0.6) is 5.75 Å². The van der Waals surface area contributed by atoms with Crippen molar-refractivity contribution in [1.82, 2.24) is 0 Å². The third-order valence-corrected chi connectivity index (χ3v) is 5.49. The summed E-state index contributed by atoms with van der Waals surface area (Å²) in [5.41, 5.74) is 1.27. The highest BCUT2D eigenvalue weighted by Crippen LogP contribution is 2.38. The molecular weight excluding hydrogens is 336 g/mol. The Balaban J connectivity index is 2.09. The maximum Gasteiger partial charge on any atom is 0.122 e. The molecule has 0 bridgehead atoms. The SMILES string of the molecule is CCCC1CCC(Cl)C(Cc2cc(Br)ccc2OC)C1. The van der Waals surface area contributed by atoms with Crippen LogP contribution in [0, 0.1) is 11.8 Å². The van der Waals surface area contributed by atoms with Gasteiger partial charge in [0.15, 0.2) is 0 Å². The van der Waals surface area contributed by atoms with Gasteiger partial charge in [-0.2, -0.15) is 0 Å². The van der Waals surface area contributed by atoms with Crippen LogP contribution in [0.3, 0.4) is 0 Å². The molecule has 1 aromatic rings. The first-order chi connectivity index (χ1) is 9.63. The first-order valence-corrected chi connectivity index (χ1v) is 8.83. The lowest BCUT2D eigenvalue weighted by molar-refractivity contribution is 0.255. The van der Waals surface area contributed by atoms with Gasteiger partial charge in [-0.3, -0.25) is 0 Å². The van der Waals surface area contributed by atoms with E-state index in [-0.39, 0.29) is 0 Å². The summed E-state index contributed by atoms with van der Waals surface area (Å²) in [4.78, 5) is 0. The number of benzene rings is 1. The Bertz CT molecular complexity index is 435. The van der Waals surface area contributed by atoms with E-state index in [4.69, 9.17) is 16.3 Å². The van der Waals surface area contributed by atoms with Crippen molar-refractivity contribution >= 4 is 27.5 Å². The summed E-state index contributed by atoms with van der Waals surface area (Å²) in [6, 6.07) is 6.24. The third kappa shape index (κ3) is 4.14. The number of rotatable bonds is 5. The molecule has 0 aliphatic heterocycles. The first kappa shape index (κ1) is 16.2. The van der Waals surface area contributed by atoms with Crippen molar-refractivity contribution in [3.8, 4) is 5.75 Å². The van der Waals surface area contributed by atoms with Gasteiger partial charge in [0.1, 0.15) is 5.75 Å².